The molecule has 8 heteroatoms. The Kier molecular flexibility index (Phi) is 4.92. The molecule has 30 heavy (non-hydrogen) atoms. The second-order valence-electron chi connectivity index (χ2n) is 8.67. The van der Waals surface area contributed by atoms with E-state index >= 15 is 0 Å². The molecule has 3 aromatic rings. The number of fused-ring (bicyclic) bond motifs is 1. The number of aliphatic hydroxyl groups excluding tert-OH is 2. The van der Waals surface area contributed by atoms with Gasteiger partial charge in [0.2, 0.25) is 0 Å². The van der Waals surface area contributed by atoms with Crippen LogP contribution in [0.15, 0.2) is 30.6 Å². The SMILES string of the molecule is CC(O)C(O)Nc1cccc2nc(-c3cn([C@H]4C[C@H](CN)C4)nc3C3CC3)cnc12. The van der Waals surface area contributed by atoms with Gasteiger partial charge in [0.15, 0.2) is 0 Å². The maximum atomic E-state index is 9.97. The summed E-state index contributed by atoms with van der Waals surface area (Å²) in [4.78, 5) is 9.49. The first-order chi connectivity index (χ1) is 14.5. The van der Waals surface area contributed by atoms with E-state index in [2.05, 4.69) is 21.2 Å². The first kappa shape index (κ1) is 19.4. The molecule has 0 saturated heterocycles. The maximum absolute atomic E-state index is 9.97. The summed E-state index contributed by atoms with van der Waals surface area (Å²) in [7, 11) is 0. The van der Waals surface area contributed by atoms with E-state index in [0.29, 0.717) is 29.1 Å². The zero-order valence-corrected chi connectivity index (χ0v) is 17.1. The molecule has 8 nitrogen and oxygen atoms in total. The van der Waals surface area contributed by atoms with Gasteiger partial charge >= 0.3 is 0 Å². The first-order valence-corrected chi connectivity index (χ1v) is 10.7. The van der Waals surface area contributed by atoms with Gasteiger partial charge in [-0.15, -0.1) is 0 Å². The van der Waals surface area contributed by atoms with Crippen molar-refractivity contribution in [2.24, 2.45) is 11.7 Å². The third-order valence-electron chi connectivity index (χ3n) is 6.25. The van der Waals surface area contributed by atoms with Gasteiger partial charge in [-0.1, -0.05) is 6.07 Å². The summed E-state index contributed by atoms with van der Waals surface area (Å²) >= 11 is 0. The molecule has 0 amide bonds. The molecule has 2 aliphatic rings. The monoisotopic (exact) mass is 408 g/mol. The van der Waals surface area contributed by atoms with Crippen LogP contribution in [-0.4, -0.2) is 48.8 Å². The molecule has 0 bridgehead atoms. The molecule has 2 unspecified atom stereocenters. The predicted octanol–water partition coefficient (Wildman–Crippen LogP) is 2.39. The third kappa shape index (κ3) is 3.55. The van der Waals surface area contributed by atoms with Crippen molar-refractivity contribution in [1.82, 2.24) is 19.7 Å². The van der Waals surface area contributed by atoms with Gasteiger partial charge in [0.05, 0.1) is 40.9 Å². The van der Waals surface area contributed by atoms with E-state index in [0.717, 1.165) is 41.9 Å². The maximum Gasteiger partial charge on any atom is 0.150 e. The first-order valence-electron chi connectivity index (χ1n) is 10.7. The quantitative estimate of drug-likeness (QED) is 0.443. The minimum atomic E-state index is -1.07. The molecular formula is C22H28N6O2. The average molecular weight is 409 g/mol. The van der Waals surface area contributed by atoms with E-state index in [-0.39, 0.29) is 0 Å². The van der Waals surface area contributed by atoms with Crippen LogP contribution in [0.4, 0.5) is 5.69 Å². The topological polar surface area (TPSA) is 122 Å². The van der Waals surface area contributed by atoms with Crippen LogP contribution in [0.5, 0.6) is 0 Å². The molecule has 2 aliphatic carbocycles. The Morgan fingerprint density at radius 1 is 1.27 bits per heavy atom. The Labute approximate surface area is 175 Å². The van der Waals surface area contributed by atoms with Crippen LogP contribution in [0.3, 0.4) is 0 Å². The van der Waals surface area contributed by atoms with Gasteiger partial charge in [0.1, 0.15) is 11.7 Å². The molecular weight excluding hydrogens is 380 g/mol. The highest BCUT2D eigenvalue weighted by Gasteiger charge is 2.34. The lowest BCUT2D eigenvalue weighted by atomic mass is 9.80. The minimum absolute atomic E-state index is 0.427. The zero-order chi connectivity index (χ0) is 20.8. The van der Waals surface area contributed by atoms with Crippen molar-refractivity contribution in [3.05, 3.63) is 36.3 Å². The van der Waals surface area contributed by atoms with E-state index < -0.39 is 12.3 Å². The van der Waals surface area contributed by atoms with Gasteiger partial charge in [0, 0.05) is 17.7 Å². The summed E-state index contributed by atoms with van der Waals surface area (Å²) in [6.45, 7) is 2.28. The van der Waals surface area contributed by atoms with E-state index in [4.69, 9.17) is 15.8 Å². The fraction of sp³-hybridized carbons (Fsp3) is 0.500. The molecule has 158 valence electrons. The summed E-state index contributed by atoms with van der Waals surface area (Å²) in [5.41, 5.74) is 10.8. The number of nitrogens with two attached hydrogens (primary N) is 1. The van der Waals surface area contributed by atoms with Crippen LogP contribution in [0.1, 0.15) is 50.3 Å². The Bertz CT molecular complexity index is 1050. The molecule has 2 atom stereocenters. The van der Waals surface area contributed by atoms with Crippen LogP contribution < -0.4 is 11.1 Å². The largest absolute Gasteiger partial charge is 0.389 e. The van der Waals surface area contributed by atoms with Crippen molar-refractivity contribution < 1.29 is 10.2 Å². The number of nitrogens with one attached hydrogen (secondary N) is 1. The number of benzene rings is 1. The minimum Gasteiger partial charge on any atom is -0.389 e. The molecule has 0 spiro atoms. The summed E-state index contributed by atoms with van der Waals surface area (Å²) in [6, 6.07) is 6.02. The highest BCUT2D eigenvalue weighted by Crippen LogP contribution is 2.45. The van der Waals surface area contributed by atoms with Crippen LogP contribution in [0.25, 0.3) is 22.3 Å². The van der Waals surface area contributed by atoms with Crippen molar-refractivity contribution in [3.8, 4) is 11.3 Å². The van der Waals surface area contributed by atoms with Gasteiger partial charge in [0.25, 0.3) is 0 Å². The Balaban J connectivity index is 1.48. The number of rotatable bonds is 7. The standard InChI is InChI=1S/C22H28N6O2/c1-12(29)22(30)26-18-4-2-3-17-21(18)24-10-19(25-17)16-11-28(15-7-13(8-15)9-23)27-20(16)14-5-6-14/h2-4,10-15,22,26,29-30H,5-9,23H2,1H3/t12?,13-,15-,22?. The van der Waals surface area contributed by atoms with Gasteiger partial charge in [-0.25, -0.2) is 4.98 Å². The lowest BCUT2D eigenvalue weighted by molar-refractivity contribution is 0.0498. The zero-order valence-electron chi connectivity index (χ0n) is 17.1. The third-order valence-corrected chi connectivity index (χ3v) is 6.25. The summed E-state index contributed by atoms with van der Waals surface area (Å²) in [5, 5.41) is 27.4. The van der Waals surface area contributed by atoms with E-state index in [1.165, 1.54) is 19.8 Å². The number of hydrogen-bond acceptors (Lipinski definition) is 7. The molecule has 2 aromatic heterocycles. The second-order valence-corrected chi connectivity index (χ2v) is 8.67. The molecule has 5 N–H and O–H groups in total. The number of nitrogens with zero attached hydrogens (tertiary/aromatic N) is 4. The van der Waals surface area contributed by atoms with Crippen LogP contribution in [-0.2, 0) is 0 Å². The lowest BCUT2D eigenvalue weighted by Gasteiger charge is -2.34. The molecule has 2 saturated carbocycles. The lowest BCUT2D eigenvalue weighted by Crippen LogP contribution is -2.32. The van der Waals surface area contributed by atoms with Gasteiger partial charge in [-0.3, -0.25) is 9.67 Å². The number of para-hydroxylation sites is 1. The Morgan fingerprint density at radius 2 is 2.07 bits per heavy atom. The van der Waals surface area contributed by atoms with Gasteiger partial charge in [-0.05, 0) is 57.2 Å². The summed E-state index contributed by atoms with van der Waals surface area (Å²) in [6.07, 6.45) is 6.46. The van der Waals surface area contributed by atoms with Crippen molar-refractivity contribution in [1.29, 1.82) is 0 Å². The number of anilines is 1. The predicted molar refractivity (Wildman–Crippen MR) is 115 cm³/mol. The van der Waals surface area contributed by atoms with Crippen LogP contribution >= 0.6 is 0 Å². The Morgan fingerprint density at radius 3 is 2.77 bits per heavy atom. The number of aromatic nitrogens is 4. The van der Waals surface area contributed by atoms with Crippen molar-refractivity contribution >= 4 is 16.7 Å². The molecule has 0 aliphatic heterocycles. The molecule has 2 fully saturated rings. The second kappa shape index (κ2) is 7.61. The summed E-state index contributed by atoms with van der Waals surface area (Å²) < 4.78 is 2.11. The van der Waals surface area contributed by atoms with E-state index in [1.807, 2.05) is 18.2 Å². The number of aliphatic hydroxyl groups is 2. The van der Waals surface area contributed by atoms with Crippen molar-refractivity contribution in [2.45, 2.75) is 56.9 Å². The highest BCUT2D eigenvalue weighted by molar-refractivity contribution is 5.89. The molecule has 2 heterocycles. The van der Waals surface area contributed by atoms with Crippen molar-refractivity contribution in [2.75, 3.05) is 11.9 Å². The van der Waals surface area contributed by atoms with Crippen LogP contribution in [0.2, 0.25) is 0 Å². The fourth-order valence-corrected chi connectivity index (χ4v) is 4.12. The van der Waals surface area contributed by atoms with Gasteiger partial charge in [-0.2, -0.15) is 5.10 Å². The normalized spacial score (nSPS) is 23.2. The van der Waals surface area contributed by atoms with Crippen LogP contribution in [0, 0.1) is 5.92 Å². The smallest absolute Gasteiger partial charge is 0.150 e. The van der Waals surface area contributed by atoms with E-state index in [9.17, 15) is 10.2 Å². The Hall–Kier alpha value is -2.55. The van der Waals surface area contributed by atoms with Crippen molar-refractivity contribution in [3.63, 3.8) is 0 Å². The molecule has 0 radical (unpaired) electrons. The average Bonchev–Trinajstić information content (AvgIpc) is 3.46. The number of hydrogen-bond donors (Lipinski definition) is 4. The molecule has 1 aromatic carbocycles. The fourth-order valence-electron chi connectivity index (χ4n) is 4.12. The summed E-state index contributed by atoms with van der Waals surface area (Å²) in [5.74, 6) is 1.12. The molecule has 5 rings (SSSR count). The van der Waals surface area contributed by atoms with E-state index in [1.54, 1.807) is 6.20 Å². The van der Waals surface area contributed by atoms with Gasteiger partial charge < -0.3 is 21.3 Å². The highest BCUT2D eigenvalue weighted by atomic mass is 16.3.